The lowest BCUT2D eigenvalue weighted by atomic mass is 10.0. The highest BCUT2D eigenvalue weighted by atomic mass is 19.1. The number of ketones is 1. The lowest BCUT2D eigenvalue weighted by Crippen LogP contribution is -2.31. The van der Waals surface area contributed by atoms with E-state index in [9.17, 15) is 9.18 Å². The molecule has 0 unspecified atom stereocenters. The van der Waals surface area contributed by atoms with Crippen molar-refractivity contribution in [3.8, 4) is 0 Å². The highest BCUT2D eigenvalue weighted by Crippen LogP contribution is 2.39. The number of halogens is 1. The van der Waals surface area contributed by atoms with Crippen LogP contribution in [-0.4, -0.2) is 33.1 Å². The number of aromatic nitrogens is 3. The zero-order chi connectivity index (χ0) is 15.1. The topological polar surface area (TPSA) is 59.8 Å². The zero-order valence-corrected chi connectivity index (χ0v) is 12.1. The molecule has 0 amide bonds. The lowest BCUT2D eigenvalue weighted by Gasteiger charge is -2.11. The third-order valence-electron chi connectivity index (χ3n) is 4.44. The van der Waals surface area contributed by atoms with Crippen LogP contribution in [0.3, 0.4) is 0 Å². The van der Waals surface area contributed by atoms with E-state index >= 15 is 0 Å². The van der Waals surface area contributed by atoms with E-state index in [2.05, 4.69) is 15.4 Å². The molecular formula is C16H17FN4O. The van der Waals surface area contributed by atoms with E-state index in [0.29, 0.717) is 6.42 Å². The monoisotopic (exact) mass is 300 g/mol. The molecule has 3 heterocycles. The summed E-state index contributed by atoms with van der Waals surface area (Å²) in [6.45, 7) is 0.836. The maximum atomic E-state index is 14.3. The van der Waals surface area contributed by atoms with Crippen molar-refractivity contribution in [3.63, 3.8) is 0 Å². The summed E-state index contributed by atoms with van der Waals surface area (Å²) >= 11 is 0. The minimum atomic E-state index is -1.17. The van der Waals surface area contributed by atoms with Gasteiger partial charge in [-0.1, -0.05) is 30.3 Å². The van der Waals surface area contributed by atoms with E-state index in [1.807, 2.05) is 30.3 Å². The number of hydrogen-bond donors (Lipinski definition) is 1. The maximum Gasteiger partial charge on any atom is 0.219 e. The largest absolute Gasteiger partial charge is 0.307 e. The van der Waals surface area contributed by atoms with Gasteiger partial charge >= 0.3 is 0 Å². The van der Waals surface area contributed by atoms with Gasteiger partial charge in [-0.3, -0.25) is 4.79 Å². The molecule has 1 N–H and O–H groups in total. The number of hydrogen-bond acceptors (Lipinski definition) is 4. The van der Waals surface area contributed by atoms with Gasteiger partial charge in [0.15, 0.2) is 12.0 Å². The second-order valence-corrected chi connectivity index (χ2v) is 5.88. The van der Waals surface area contributed by atoms with E-state index in [4.69, 9.17) is 0 Å². The quantitative estimate of drug-likeness (QED) is 0.883. The molecule has 1 fully saturated rings. The Hall–Kier alpha value is -2.08. The van der Waals surface area contributed by atoms with Crippen LogP contribution >= 0.6 is 0 Å². The first-order valence-corrected chi connectivity index (χ1v) is 7.67. The maximum absolute atomic E-state index is 14.3. The number of fused-ring (bicyclic) bond motifs is 1. The SMILES string of the molecule is O=C(c1nc2n(n1)[C@H](c1ccccc1)C[C@@H]2F)[C@H]1CCCN1. The summed E-state index contributed by atoms with van der Waals surface area (Å²) < 4.78 is 15.8. The van der Waals surface area contributed by atoms with E-state index in [1.54, 1.807) is 4.68 Å². The third-order valence-corrected chi connectivity index (χ3v) is 4.44. The van der Waals surface area contributed by atoms with Crippen molar-refractivity contribution < 1.29 is 9.18 Å². The summed E-state index contributed by atoms with van der Waals surface area (Å²) in [5.74, 6) is 0.284. The summed E-state index contributed by atoms with van der Waals surface area (Å²) in [5, 5.41) is 7.46. The molecule has 1 saturated heterocycles. The van der Waals surface area contributed by atoms with Crippen molar-refractivity contribution in [2.45, 2.75) is 37.5 Å². The average Bonchev–Trinajstić information content (AvgIpc) is 3.25. The molecule has 1 aromatic heterocycles. The summed E-state index contributed by atoms with van der Waals surface area (Å²) in [7, 11) is 0. The predicted octanol–water partition coefficient (Wildman–Crippen LogP) is 2.22. The molecule has 4 rings (SSSR count). The molecule has 0 saturated carbocycles. The summed E-state index contributed by atoms with van der Waals surface area (Å²) in [4.78, 5) is 16.6. The molecule has 2 aromatic rings. The Bertz CT molecular complexity index is 693. The van der Waals surface area contributed by atoms with Crippen molar-refractivity contribution in [2.24, 2.45) is 0 Å². The molecule has 1 aromatic carbocycles. The fraction of sp³-hybridized carbons (Fsp3) is 0.438. The van der Waals surface area contributed by atoms with Crippen LogP contribution in [-0.2, 0) is 0 Å². The standard InChI is InChI=1S/C16H17FN4O/c17-11-9-13(10-5-2-1-3-6-10)21-16(11)19-15(20-21)14(22)12-7-4-8-18-12/h1-3,5-6,11-13,18H,4,7-9H2/t11-,12+,13-/m0/s1. The van der Waals surface area contributed by atoms with E-state index in [-0.39, 0.29) is 29.5 Å². The van der Waals surface area contributed by atoms with Gasteiger partial charge in [0.05, 0.1) is 12.1 Å². The second-order valence-electron chi connectivity index (χ2n) is 5.88. The number of benzene rings is 1. The van der Waals surface area contributed by atoms with E-state index < -0.39 is 6.17 Å². The number of rotatable bonds is 3. The van der Waals surface area contributed by atoms with Crippen LogP contribution in [0.25, 0.3) is 0 Å². The second kappa shape index (κ2) is 5.28. The van der Waals surface area contributed by atoms with Gasteiger partial charge in [0, 0.05) is 6.42 Å². The van der Waals surface area contributed by atoms with Gasteiger partial charge in [-0.05, 0) is 24.9 Å². The fourth-order valence-electron chi connectivity index (χ4n) is 3.30. The molecule has 2 aliphatic rings. The minimum Gasteiger partial charge on any atom is -0.307 e. The Morgan fingerprint density at radius 2 is 2.14 bits per heavy atom. The smallest absolute Gasteiger partial charge is 0.219 e. The van der Waals surface area contributed by atoms with Gasteiger partial charge < -0.3 is 5.32 Å². The normalized spacial score (nSPS) is 27.0. The van der Waals surface area contributed by atoms with Crippen LogP contribution < -0.4 is 5.32 Å². The molecule has 5 nitrogen and oxygen atoms in total. The number of carbonyl (C=O) groups is 1. The first-order valence-electron chi connectivity index (χ1n) is 7.67. The van der Waals surface area contributed by atoms with Crippen molar-refractivity contribution in [2.75, 3.05) is 6.54 Å². The molecule has 0 bridgehead atoms. The van der Waals surface area contributed by atoms with Gasteiger partial charge in [-0.15, -0.1) is 5.10 Å². The van der Waals surface area contributed by atoms with Crippen LogP contribution in [0.15, 0.2) is 30.3 Å². The van der Waals surface area contributed by atoms with Gasteiger partial charge in [-0.2, -0.15) is 0 Å². The number of alkyl halides is 1. The molecule has 0 radical (unpaired) electrons. The highest BCUT2D eigenvalue weighted by molar-refractivity contribution is 5.97. The Kier molecular flexibility index (Phi) is 3.26. The molecule has 2 aliphatic heterocycles. The molecule has 3 atom stereocenters. The van der Waals surface area contributed by atoms with Gasteiger partial charge in [-0.25, -0.2) is 14.1 Å². The molecule has 22 heavy (non-hydrogen) atoms. The van der Waals surface area contributed by atoms with Crippen LogP contribution in [0.2, 0.25) is 0 Å². The van der Waals surface area contributed by atoms with Crippen LogP contribution in [0.4, 0.5) is 4.39 Å². The predicted molar refractivity (Wildman–Crippen MR) is 78.4 cm³/mol. The number of nitrogens with zero attached hydrogens (tertiary/aromatic N) is 3. The van der Waals surface area contributed by atoms with Crippen LogP contribution in [0.5, 0.6) is 0 Å². The Balaban J connectivity index is 1.67. The summed E-state index contributed by atoms with van der Waals surface area (Å²) in [6, 6.07) is 9.27. The Labute approximate surface area is 127 Å². The Morgan fingerprint density at radius 1 is 1.32 bits per heavy atom. The number of Topliss-reactive ketones (excluding diaryl/α,β-unsaturated/α-hetero) is 1. The van der Waals surface area contributed by atoms with Crippen molar-refractivity contribution in [1.82, 2.24) is 20.1 Å². The first-order chi connectivity index (χ1) is 10.7. The molecule has 0 aliphatic carbocycles. The van der Waals surface area contributed by atoms with Gasteiger partial charge in [0.2, 0.25) is 11.6 Å². The van der Waals surface area contributed by atoms with E-state index in [0.717, 1.165) is 24.9 Å². The van der Waals surface area contributed by atoms with Crippen molar-refractivity contribution in [1.29, 1.82) is 0 Å². The van der Waals surface area contributed by atoms with Gasteiger partial charge in [0.25, 0.3) is 0 Å². The van der Waals surface area contributed by atoms with E-state index in [1.165, 1.54) is 0 Å². The minimum absolute atomic E-state index is 0.126. The van der Waals surface area contributed by atoms with Crippen LogP contribution in [0, 0.1) is 0 Å². The zero-order valence-electron chi connectivity index (χ0n) is 12.1. The molecular weight excluding hydrogens is 283 g/mol. The highest BCUT2D eigenvalue weighted by Gasteiger charge is 2.37. The van der Waals surface area contributed by atoms with Gasteiger partial charge in [0.1, 0.15) is 0 Å². The first kappa shape index (κ1) is 13.6. The van der Waals surface area contributed by atoms with Crippen molar-refractivity contribution >= 4 is 5.78 Å². The third kappa shape index (κ3) is 2.14. The van der Waals surface area contributed by atoms with Crippen LogP contribution in [0.1, 0.15) is 53.5 Å². The lowest BCUT2D eigenvalue weighted by molar-refractivity contribution is 0.0941. The Morgan fingerprint density at radius 3 is 2.86 bits per heavy atom. The number of carbonyl (C=O) groups excluding carboxylic acids is 1. The molecule has 6 heteroatoms. The average molecular weight is 300 g/mol. The fourth-order valence-corrected chi connectivity index (χ4v) is 3.30. The molecule has 114 valence electrons. The summed E-state index contributed by atoms with van der Waals surface area (Å²) in [6.07, 6.45) is 0.928. The molecule has 0 spiro atoms. The van der Waals surface area contributed by atoms with Crippen molar-refractivity contribution in [3.05, 3.63) is 47.5 Å². The number of nitrogens with one attached hydrogen (secondary N) is 1. The summed E-state index contributed by atoms with van der Waals surface area (Å²) in [5.41, 5.74) is 0.992.